The minimum atomic E-state index is -0.544. The van der Waals surface area contributed by atoms with Crippen LogP contribution in [0.4, 0.5) is 0 Å². The summed E-state index contributed by atoms with van der Waals surface area (Å²) in [6, 6.07) is 17.3. The summed E-state index contributed by atoms with van der Waals surface area (Å²) in [5.74, 6) is 0.569. The molecular weight excluding hydrogens is 458 g/mol. The molecule has 2 aromatic heterocycles. The average Bonchev–Trinajstić information content (AvgIpc) is 3.23. The third-order valence-electron chi connectivity index (χ3n) is 5.42. The number of thiophene rings is 1. The van der Waals surface area contributed by atoms with Crippen molar-refractivity contribution in [2.24, 2.45) is 0 Å². The number of aromatic nitrogens is 2. The van der Waals surface area contributed by atoms with E-state index in [1.54, 1.807) is 7.11 Å². The maximum Gasteiger partial charge on any atom is 0.260 e. The van der Waals surface area contributed by atoms with Crippen LogP contribution in [0.15, 0.2) is 64.8 Å². The summed E-state index contributed by atoms with van der Waals surface area (Å²) in [6.45, 7) is 1.99. The SMILES string of the molecule is COCCN(Cc1nc2scc(-c3ccc(Cl)cc3)c2c(=O)[nH]1)C[C@@H](O)Cc1ccccc1. The van der Waals surface area contributed by atoms with Crippen molar-refractivity contribution in [1.29, 1.82) is 0 Å². The van der Waals surface area contributed by atoms with Crippen molar-refractivity contribution >= 4 is 33.2 Å². The average molecular weight is 484 g/mol. The van der Waals surface area contributed by atoms with Crippen LogP contribution in [-0.4, -0.2) is 52.9 Å². The summed E-state index contributed by atoms with van der Waals surface area (Å²) in [5, 5.41) is 13.8. The van der Waals surface area contributed by atoms with Crippen molar-refractivity contribution in [1.82, 2.24) is 14.9 Å². The smallest absolute Gasteiger partial charge is 0.260 e. The number of nitrogens with one attached hydrogen (secondary N) is 1. The molecule has 0 unspecified atom stereocenters. The van der Waals surface area contributed by atoms with E-state index in [1.165, 1.54) is 11.3 Å². The van der Waals surface area contributed by atoms with Crippen LogP contribution in [-0.2, 0) is 17.7 Å². The van der Waals surface area contributed by atoms with Gasteiger partial charge in [-0.1, -0.05) is 54.1 Å². The van der Waals surface area contributed by atoms with Crippen molar-refractivity contribution in [3.8, 4) is 11.1 Å². The maximum absolute atomic E-state index is 13.0. The van der Waals surface area contributed by atoms with Crippen LogP contribution < -0.4 is 5.56 Å². The fourth-order valence-electron chi connectivity index (χ4n) is 3.83. The highest BCUT2D eigenvalue weighted by molar-refractivity contribution is 7.17. The second kappa shape index (κ2) is 11.0. The highest BCUT2D eigenvalue weighted by atomic mass is 35.5. The Labute approximate surface area is 201 Å². The Bertz CT molecular complexity index is 1240. The van der Waals surface area contributed by atoms with Gasteiger partial charge in [0, 0.05) is 36.2 Å². The van der Waals surface area contributed by atoms with Gasteiger partial charge in [-0.3, -0.25) is 9.69 Å². The van der Waals surface area contributed by atoms with E-state index in [9.17, 15) is 9.90 Å². The molecule has 0 aliphatic carbocycles. The lowest BCUT2D eigenvalue weighted by Gasteiger charge is -2.24. The zero-order valence-electron chi connectivity index (χ0n) is 18.3. The zero-order chi connectivity index (χ0) is 23.2. The Kier molecular flexibility index (Phi) is 7.90. The first-order valence-corrected chi connectivity index (χ1v) is 12.0. The Morgan fingerprint density at radius 1 is 1.18 bits per heavy atom. The van der Waals surface area contributed by atoms with Crippen LogP contribution in [0.3, 0.4) is 0 Å². The van der Waals surface area contributed by atoms with Gasteiger partial charge < -0.3 is 14.8 Å². The molecule has 2 aromatic carbocycles. The van der Waals surface area contributed by atoms with Crippen LogP contribution in [0.5, 0.6) is 0 Å². The van der Waals surface area contributed by atoms with E-state index in [1.807, 2.05) is 60.0 Å². The lowest BCUT2D eigenvalue weighted by atomic mass is 10.1. The molecule has 4 aromatic rings. The second-order valence-electron chi connectivity index (χ2n) is 7.92. The normalized spacial score (nSPS) is 12.5. The molecule has 0 radical (unpaired) electrons. The van der Waals surface area contributed by atoms with Gasteiger partial charge in [0.15, 0.2) is 0 Å². The Balaban J connectivity index is 1.53. The van der Waals surface area contributed by atoms with Crippen LogP contribution in [0.25, 0.3) is 21.3 Å². The van der Waals surface area contributed by atoms with Crippen molar-refractivity contribution in [2.45, 2.75) is 19.1 Å². The van der Waals surface area contributed by atoms with Gasteiger partial charge in [-0.15, -0.1) is 11.3 Å². The fraction of sp³-hybridized carbons (Fsp3) is 0.280. The first-order chi connectivity index (χ1) is 16.0. The number of ether oxygens (including phenoxy) is 1. The quantitative estimate of drug-likeness (QED) is 0.350. The number of fused-ring (bicyclic) bond motifs is 1. The number of hydrogen-bond donors (Lipinski definition) is 2. The number of hydrogen-bond acceptors (Lipinski definition) is 6. The monoisotopic (exact) mass is 483 g/mol. The van der Waals surface area contributed by atoms with Crippen molar-refractivity contribution < 1.29 is 9.84 Å². The third kappa shape index (κ3) is 6.07. The molecule has 0 spiro atoms. The number of aliphatic hydroxyl groups excluding tert-OH is 1. The summed E-state index contributed by atoms with van der Waals surface area (Å²) >= 11 is 7.45. The molecule has 0 saturated heterocycles. The number of nitrogens with zero attached hydrogens (tertiary/aromatic N) is 2. The van der Waals surface area contributed by atoms with Crippen LogP contribution in [0.1, 0.15) is 11.4 Å². The van der Waals surface area contributed by atoms with Gasteiger partial charge in [0.2, 0.25) is 0 Å². The maximum atomic E-state index is 13.0. The Morgan fingerprint density at radius 2 is 1.94 bits per heavy atom. The number of aromatic amines is 1. The van der Waals surface area contributed by atoms with Gasteiger partial charge in [-0.25, -0.2) is 4.98 Å². The lowest BCUT2D eigenvalue weighted by molar-refractivity contribution is 0.0837. The molecule has 6 nitrogen and oxygen atoms in total. The molecule has 172 valence electrons. The number of H-pyrrole nitrogens is 1. The molecule has 2 heterocycles. The molecule has 0 saturated carbocycles. The van der Waals surface area contributed by atoms with Gasteiger partial charge in [0.05, 0.1) is 24.6 Å². The van der Waals surface area contributed by atoms with Crippen LogP contribution in [0, 0.1) is 0 Å². The zero-order valence-corrected chi connectivity index (χ0v) is 19.9. The van der Waals surface area contributed by atoms with Crippen molar-refractivity contribution in [3.05, 3.63) is 86.7 Å². The van der Waals surface area contributed by atoms with Gasteiger partial charge in [0.1, 0.15) is 10.7 Å². The molecule has 8 heteroatoms. The summed E-state index contributed by atoms with van der Waals surface area (Å²) in [4.78, 5) is 23.4. The number of rotatable bonds is 10. The van der Waals surface area contributed by atoms with E-state index in [0.717, 1.165) is 16.7 Å². The summed E-state index contributed by atoms with van der Waals surface area (Å²) in [7, 11) is 1.65. The molecule has 0 amide bonds. The largest absolute Gasteiger partial charge is 0.391 e. The van der Waals surface area contributed by atoms with Gasteiger partial charge in [-0.05, 0) is 29.7 Å². The molecule has 0 bridgehead atoms. The Hall–Kier alpha value is -2.55. The standard InChI is InChI=1S/C25H26ClN3O3S/c1-32-12-11-29(14-20(30)13-17-5-3-2-4-6-17)15-22-27-24(31)23-21(16-33-25(23)28-22)18-7-9-19(26)10-8-18/h2-10,16,20,30H,11-15H2,1H3,(H,27,28,31)/t20-/m0/s1. The number of benzene rings is 2. The van der Waals surface area contributed by atoms with E-state index in [4.69, 9.17) is 21.3 Å². The number of aliphatic hydroxyl groups is 1. The fourth-order valence-corrected chi connectivity index (χ4v) is 4.92. The highest BCUT2D eigenvalue weighted by Crippen LogP contribution is 2.31. The van der Waals surface area contributed by atoms with Gasteiger partial charge in [-0.2, -0.15) is 0 Å². The summed E-state index contributed by atoms with van der Waals surface area (Å²) < 4.78 is 5.24. The van der Waals surface area contributed by atoms with E-state index < -0.39 is 6.10 Å². The highest BCUT2D eigenvalue weighted by Gasteiger charge is 2.17. The second-order valence-corrected chi connectivity index (χ2v) is 9.22. The van der Waals surface area contributed by atoms with E-state index in [-0.39, 0.29) is 5.56 Å². The topological polar surface area (TPSA) is 78.5 Å². The molecule has 2 N–H and O–H groups in total. The van der Waals surface area contributed by atoms with Gasteiger partial charge in [0.25, 0.3) is 5.56 Å². The molecular formula is C25H26ClN3O3S. The van der Waals surface area contributed by atoms with E-state index >= 15 is 0 Å². The molecule has 33 heavy (non-hydrogen) atoms. The molecule has 0 aliphatic heterocycles. The molecule has 4 rings (SSSR count). The van der Waals surface area contributed by atoms with Crippen molar-refractivity contribution in [2.75, 3.05) is 26.8 Å². The lowest BCUT2D eigenvalue weighted by Crippen LogP contribution is -2.36. The van der Waals surface area contributed by atoms with Crippen molar-refractivity contribution in [3.63, 3.8) is 0 Å². The first-order valence-electron chi connectivity index (χ1n) is 10.7. The third-order valence-corrected chi connectivity index (χ3v) is 6.54. The van der Waals surface area contributed by atoms with Crippen LogP contribution >= 0.6 is 22.9 Å². The molecule has 0 aliphatic rings. The van der Waals surface area contributed by atoms with Crippen LogP contribution in [0.2, 0.25) is 5.02 Å². The van der Waals surface area contributed by atoms with E-state index in [0.29, 0.717) is 53.7 Å². The minimum absolute atomic E-state index is 0.169. The predicted molar refractivity (Wildman–Crippen MR) is 134 cm³/mol. The minimum Gasteiger partial charge on any atom is -0.391 e. The number of methoxy groups -OCH3 is 1. The number of halogens is 1. The Morgan fingerprint density at radius 3 is 2.67 bits per heavy atom. The van der Waals surface area contributed by atoms with Gasteiger partial charge >= 0.3 is 0 Å². The van der Waals surface area contributed by atoms with E-state index in [2.05, 4.69) is 9.88 Å². The summed E-state index contributed by atoms with van der Waals surface area (Å²) in [6.07, 6.45) is 0.0147. The molecule has 1 atom stereocenters. The predicted octanol–water partition coefficient (Wildman–Crippen LogP) is 4.36. The first kappa shape index (κ1) is 23.6. The summed E-state index contributed by atoms with van der Waals surface area (Å²) in [5.41, 5.74) is 2.69. The molecule has 0 fully saturated rings.